The Labute approximate surface area is 167 Å². The van der Waals surface area contributed by atoms with E-state index in [1.54, 1.807) is 0 Å². The standard InChI is InChI=1S/C20H12N2O8/c23-19(24)15-9-10-16(20(25)26)18(12-3-7-14(8-4-12)22(29)30)17(15)11-1-5-13(6-2-11)21(27)28/h1-10H,(H,23,24)(H,25,26)/p-2. The van der Waals surface area contributed by atoms with E-state index < -0.39 is 21.8 Å². The highest BCUT2D eigenvalue weighted by atomic mass is 16.6. The molecular formula is C20H10N2O8-2. The van der Waals surface area contributed by atoms with E-state index in [1.165, 1.54) is 24.3 Å². The average molecular weight is 406 g/mol. The zero-order valence-corrected chi connectivity index (χ0v) is 14.9. The maximum Gasteiger partial charge on any atom is 0.269 e. The van der Waals surface area contributed by atoms with E-state index in [0.29, 0.717) is 0 Å². The zero-order valence-electron chi connectivity index (χ0n) is 14.9. The summed E-state index contributed by atoms with van der Waals surface area (Å²) in [6.07, 6.45) is 0. The van der Waals surface area contributed by atoms with Crippen LogP contribution in [0.5, 0.6) is 0 Å². The van der Waals surface area contributed by atoms with Crippen LogP contribution < -0.4 is 10.2 Å². The Morgan fingerprint density at radius 2 is 0.867 bits per heavy atom. The molecule has 150 valence electrons. The largest absolute Gasteiger partial charge is 0.545 e. The lowest BCUT2D eigenvalue weighted by molar-refractivity contribution is -0.385. The van der Waals surface area contributed by atoms with Gasteiger partial charge in [-0.2, -0.15) is 0 Å². The quantitative estimate of drug-likeness (QED) is 0.439. The summed E-state index contributed by atoms with van der Waals surface area (Å²) >= 11 is 0. The Hall–Kier alpha value is -4.60. The second-order valence-electron chi connectivity index (χ2n) is 6.09. The van der Waals surface area contributed by atoms with Crippen molar-refractivity contribution in [2.45, 2.75) is 0 Å². The molecule has 0 N–H and O–H groups in total. The van der Waals surface area contributed by atoms with Crippen molar-refractivity contribution in [3.63, 3.8) is 0 Å². The average Bonchev–Trinajstić information content (AvgIpc) is 2.72. The fourth-order valence-corrected chi connectivity index (χ4v) is 3.04. The maximum atomic E-state index is 11.7. The summed E-state index contributed by atoms with van der Waals surface area (Å²) < 4.78 is 0. The number of carbonyl (C=O) groups excluding carboxylic acids is 2. The summed E-state index contributed by atoms with van der Waals surface area (Å²) in [4.78, 5) is 43.9. The third-order valence-electron chi connectivity index (χ3n) is 4.38. The van der Waals surface area contributed by atoms with E-state index in [0.717, 1.165) is 36.4 Å². The summed E-state index contributed by atoms with van der Waals surface area (Å²) in [5.41, 5.74) is -0.999. The number of hydrogen-bond donors (Lipinski definition) is 0. The molecule has 0 unspecified atom stereocenters. The van der Waals surface area contributed by atoms with Gasteiger partial charge in [0.25, 0.3) is 11.4 Å². The summed E-state index contributed by atoms with van der Waals surface area (Å²) in [5.74, 6) is -3.20. The molecule has 0 atom stereocenters. The van der Waals surface area contributed by atoms with Gasteiger partial charge in [0, 0.05) is 35.4 Å². The van der Waals surface area contributed by atoms with Gasteiger partial charge in [0.2, 0.25) is 0 Å². The SMILES string of the molecule is O=C([O-])c1ccc(C(=O)[O-])c(-c2ccc([N+](=O)[O-])cc2)c1-c1ccc([N+](=O)[O-])cc1. The molecule has 10 heteroatoms. The van der Waals surface area contributed by atoms with Crippen LogP contribution in [0.3, 0.4) is 0 Å². The van der Waals surface area contributed by atoms with Gasteiger partial charge in [-0.05, 0) is 46.5 Å². The lowest BCUT2D eigenvalue weighted by atomic mass is 9.86. The molecule has 0 radical (unpaired) electrons. The minimum Gasteiger partial charge on any atom is -0.545 e. The van der Waals surface area contributed by atoms with Crippen molar-refractivity contribution in [1.82, 2.24) is 0 Å². The Kier molecular flexibility index (Phi) is 5.23. The lowest BCUT2D eigenvalue weighted by Crippen LogP contribution is -2.26. The first-order chi connectivity index (χ1) is 14.2. The topological polar surface area (TPSA) is 167 Å². The predicted molar refractivity (Wildman–Crippen MR) is 99.3 cm³/mol. The monoisotopic (exact) mass is 406 g/mol. The molecule has 0 saturated heterocycles. The van der Waals surface area contributed by atoms with Crippen molar-refractivity contribution in [1.29, 1.82) is 0 Å². The second-order valence-corrected chi connectivity index (χ2v) is 6.09. The normalized spacial score (nSPS) is 10.4. The number of non-ortho nitro benzene ring substituents is 2. The van der Waals surface area contributed by atoms with Crippen LogP contribution in [0.25, 0.3) is 22.3 Å². The van der Waals surface area contributed by atoms with Crippen LogP contribution in [0.15, 0.2) is 60.7 Å². The van der Waals surface area contributed by atoms with Crippen LogP contribution in [0.4, 0.5) is 11.4 Å². The van der Waals surface area contributed by atoms with E-state index in [1.807, 2.05) is 0 Å². The summed E-state index contributed by atoms with van der Waals surface area (Å²) in [5, 5.41) is 45.2. The molecule has 0 fully saturated rings. The minimum absolute atomic E-state index is 0.0690. The second kappa shape index (κ2) is 7.80. The van der Waals surface area contributed by atoms with E-state index in [2.05, 4.69) is 0 Å². The Morgan fingerprint density at radius 1 is 0.567 bits per heavy atom. The summed E-state index contributed by atoms with van der Waals surface area (Å²) in [6, 6.07) is 11.7. The van der Waals surface area contributed by atoms with Crippen LogP contribution in [-0.4, -0.2) is 21.8 Å². The highest BCUT2D eigenvalue weighted by Crippen LogP contribution is 2.38. The van der Waals surface area contributed by atoms with Gasteiger partial charge in [-0.25, -0.2) is 0 Å². The van der Waals surface area contributed by atoms with E-state index in [4.69, 9.17) is 0 Å². The predicted octanol–water partition coefficient (Wildman–Crippen LogP) is 1.56. The summed E-state index contributed by atoms with van der Waals surface area (Å²) in [6.45, 7) is 0. The van der Waals surface area contributed by atoms with Crippen LogP contribution in [0, 0.1) is 20.2 Å². The number of aromatic carboxylic acids is 2. The van der Waals surface area contributed by atoms with Gasteiger partial charge in [-0.15, -0.1) is 0 Å². The van der Waals surface area contributed by atoms with Crippen LogP contribution in [-0.2, 0) is 0 Å². The Bertz CT molecular complexity index is 1090. The number of rotatable bonds is 6. The smallest absolute Gasteiger partial charge is 0.269 e. The van der Waals surface area contributed by atoms with Gasteiger partial charge in [-0.1, -0.05) is 12.1 Å². The molecule has 0 spiro atoms. The number of carbonyl (C=O) groups is 2. The van der Waals surface area contributed by atoms with Gasteiger partial charge >= 0.3 is 0 Å². The number of benzene rings is 3. The van der Waals surface area contributed by atoms with Crippen LogP contribution in [0.1, 0.15) is 20.7 Å². The molecule has 0 aliphatic rings. The van der Waals surface area contributed by atoms with Gasteiger partial charge in [0.1, 0.15) is 0 Å². The van der Waals surface area contributed by atoms with Crippen LogP contribution in [0.2, 0.25) is 0 Å². The van der Waals surface area contributed by atoms with Crippen LogP contribution >= 0.6 is 0 Å². The summed E-state index contributed by atoms with van der Waals surface area (Å²) in [7, 11) is 0. The maximum absolute atomic E-state index is 11.7. The molecule has 30 heavy (non-hydrogen) atoms. The Morgan fingerprint density at radius 3 is 1.10 bits per heavy atom. The first-order valence-corrected chi connectivity index (χ1v) is 8.30. The number of nitro groups is 2. The highest BCUT2D eigenvalue weighted by molar-refractivity contribution is 6.07. The van der Waals surface area contributed by atoms with Gasteiger partial charge in [-0.3, -0.25) is 20.2 Å². The van der Waals surface area contributed by atoms with Crippen molar-refractivity contribution in [3.8, 4) is 22.3 Å². The highest BCUT2D eigenvalue weighted by Gasteiger charge is 2.20. The number of carboxylic acids is 2. The van der Waals surface area contributed by atoms with Crippen molar-refractivity contribution >= 4 is 23.3 Å². The van der Waals surface area contributed by atoms with E-state index in [9.17, 15) is 40.0 Å². The fourth-order valence-electron chi connectivity index (χ4n) is 3.04. The van der Waals surface area contributed by atoms with Crippen molar-refractivity contribution < 1.29 is 29.6 Å². The molecule has 3 rings (SSSR count). The molecule has 0 aromatic heterocycles. The number of nitrogens with zero attached hydrogens (tertiary/aromatic N) is 2. The third-order valence-corrected chi connectivity index (χ3v) is 4.38. The molecule has 0 saturated carbocycles. The van der Waals surface area contributed by atoms with Gasteiger partial charge in [0.05, 0.1) is 21.8 Å². The molecule has 10 nitrogen and oxygen atoms in total. The molecular weight excluding hydrogens is 396 g/mol. The fraction of sp³-hybridized carbons (Fsp3) is 0. The number of hydrogen-bond acceptors (Lipinski definition) is 8. The van der Waals surface area contributed by atoms with E-state index >= 15 is 0 Å². The molecule has 3 aromatic carbocycles. The first-order valence-electron chi connectivity index (χ1n) is 8.30. The molecule has 0 amide bonds. The lowest BCUT2D eigenvalue weighted by Gasteiger charge is -2.20. The van der Waals surface area contributed by atoms with Gasteiger partial charge < -0.3 is 19.8 Å². The van der Waals surface area contributed by atoms with Gasteiger partial charge in [0.15, 0.2) is 0 Å². The minimum atomic E-state index is -1.60. The molecule has 3 aromatic rings. The number of nitro benzene ring substituents is 2. The number of carboxylic acid groups (broad SMARTS) is 2. The van der Waals surface area contributed by atoms with E-state index in [-0.39, 0.29) is 44.8 Å². The zero-order chi connectivity index (χ0) is 22.0. The van der Waals surface area contributed by atoms with Crippen molar-refractivity contribution in [2.24, 2.45) is 0 Å². The Balaban J connectivity index is 2.36. The molecule has 0 heterocycles. The van der Waals surface area contributed by atoms with Crippen molar-refractivity contribution in [2.75, 3.05) is 0 Å². The molecule has 0 aliphatic heterocycles. The van der Waals surface area contributed by atoms with Crippen molar-refractivity contribution in [3.05, 3.63) is 92.0 Å². The molecule has 0 bridgehead atoms. The third kappa shape index (κ3) is 3.69. The molecule has 0 aliphatic carbocycles. The first kappa shape index (κ1) is 20.1.